The van der Waals surface area contributed by atoms with Crippen LogP contribution in [0.15, 0.2) is 36.5 Å². The van der Waals surface area contributed by atoms with Gasteiger partial charge >= 0.3 is 0 Å². The summed E-state index contributed by atoms with van der Waals surface area (Å²) in [6.07, 6.45) is 1.87. The number of benzene rings is 1. The Morgan fingerprint density at radius 3 is 2.44 bits per heavy atom. The molecular weight excluding hydrogens is 220 g/mol. The van der Waals surface area contributed by atoms with E-state index in [1.54, 1.807) is 0 Å². The number of aromatic nitrogens is 1. The van der Waals surface area contributed by atoms with Crippen molar-refractivity contribution >= 4 is 10.9 Å². The lowest BCUT2D eigenvalue weighted by Gasteiger charge is -2.24. The van der Waals surface area contributed by atoms with Crippen molar-refractivity contribution in [2.45, 2.75) is 45.7 Å². The third-order valence-corrected chi connectivity index (χ3v) is 3.50. The van der Waals surface area contributed by atoms with Gasteiger partial charge in [-0.25, -0.2) is 0 Å². The van der Waals surface area contributed by atoms with Crippen molar-refractivity contribution in [3.63, 3.8) is 0 Å². The molecule has 96 valence electrons. The highest BCUT2D eigenvalue weighted by Crippen LogP contribution is 2.26. The molecule has 0 amide bonds. The van der Waals surface area contributed by atoms with E-state index in [1.807, 2.05) is 12.3 Å². The summed E-state index contributed by atoms with van der Waals surface area (Å²) in [4.78, 5) is 4.54. The van der Waals surface area contributed by atoms with E-state index in [-0.39, 0.29) is 0 Å². The molecule has 1 heterocycles. The minimum absolute atomic E-state index is 0.442. The Balaban J connectivity index is 2.35. The molecule has 0 radical (unpaired) electrons. The first-order chi connectivity index (χ1) is 8.59. The van der Waals surface area contributed by atoms with Crippen LogP contribution in [0, 0.1) is 0 Å². The lowest BCUT2D eigenvalue weighted by molar-refractivity contribution is 0.441. The molecule has 2 heteroatoms. The number of fused-ring (bicyclic) bond motifs is 1. The van der Waals surface area contributed by atoms with E-state index in [9.17, 15) is 0 Å². The van der Waals surface area contributed by atoms with Crippen LogP contribution in [0.4, 0.5) is 0 Å². The highest BCUT2D eigenvalue weighted by atomic mass is 14.9. The summed E-state index contributed by atoms with van der Waals surface area (Å²) >= 11 is 0. The first-order valence-corrected chi connectivity index (χ1v) is 6.69. The summed E-state index contributed by atoms with van der Waals surface area (Å²) in [6, 6.07) is 11.5. The number of hydrogen-bond donors (Lipinski definition) is 1. The Morgan fingerprint density at radius 2 is 1.72 bits per heavy atom. The molecule has 1 N–H and O–H groups in total. The monoisotopic (exact) mass is 242 g/mol. The molecule has 1 aromatic heterocycles. The quantitative estimate of drug-likeness (QED) is 0.883. The molecule has 0 saturated carbocycles. The van der Waals surface area contributed by atoms with E-state index in [0.29, 0.717) is 18.0 Å². The van der Waals surface area contributed by atoms with Gasteiger partial charge in [-0.2, -0.15) is 0 Å². The second-order valence-corrected chi connectivity index (χ2v) is 5.32. The predicted octanol–water partition coefficient (Wildman–Crippen LogP) is 3.72. The van der Waals surface area contributed by atoms with E-state index < -0.39 is 0 Å². The van der Waals surface area contributed by atoms with Crippen molar-refractivity contribution in [1.82, 2.24) is 10.3 Å². The molecule has 2 atom stereocenters. The molecule has 2 rings (SSSR count). The number of hydrogen-bond acceptors (Lipinski definition) is 2. The predicted molar refractivity (Wildman–Crippen MR) is 77.9 cm³/mol. The fourth-order valence-corrected chi connectivity index (χ4v) is 2.43. The Hall–Kier alpha value is -1.41. The maximum absolute atomic E-state index is 4.54. The van der Waals surface area contributed by atoms with E-state index in [0.717, 1.165) is 5.52 Å². The average Bonchev–Trinajstić information content (AvgIpc) is 2.36. The van der Waals surface area contributed by atoms with Gasteiger partial charge in [-0.3, -0.25) is 4.98 Å². The fraction of sp³-hybridized carbons (Fsp3) is 0.438. The lowest BCUT2D eigenvalue weighted by atomic mass is 9.92. The maximum Gasteiger partial charge on any atom is 0.0737 e. The van der Waals surface area contributed by atoms with Crippen molar-refractivity contribution in [2.24, 2.45) is 0 Å². The van der Waals surface area contributed by atoms with E-state index >= 15 is 0 Å². The molecule has 0 fully saturated rings. The van der Waals surface area contributed by atoms with E-state index in [1.165, 1.54) is 10.9 Å². The van der Waals surface area contributed by atoms with E-state index in [2.05, 4.69) is 62.3 Å². The molecule has 2 aromatic rings. The molecule has 18 heavy (non-hydrogen) atoms. The second kappa shape index (κ2) is 5.49. The van der Waals surface area contributed by atoms with Gasteiger partial charge in [-0.05, 0) is 24.5 Å². The molecule has 2 nitrogen and oxygen atoms in total. The van der Waals surface area contributed by atoms with Crippen LogP contribution in [0.5, 0.6) is 0 Å². The van der Waals surface area contributed by atoms with Gasteiger partial charge in [-0.1, -0.05) is 45.0 Å². The van der Waals surface area contributed by atoms with Gasteiger partial charge in [0, 0.05) is 23.7 Å². The van der Waals surface area contributed by atoms with E-state index in [4.69, 9.17) is 0 Å². The third kappa shape index (κ3) is 2.70. The number of rotatable bonds is 4. The van der Waals surface area contributed by atoms with Crippen molar-refractivity contribution < 1.29 is 0 Å². The molecule has 0 spiro atoms. The van der Waals surface area contributed by atoms with Crippen molar-refractivity contribution in [1.29, 1.82) is 0 Å². The number of nitrogens with one attached hydrogen (secondary N) is 1. The maximum atomic E-state index is 4.54. The van der Waals surface area contributed by atoms with Crippen molar-refractivity contribution in [3.8, 4) is 0 Å². The minimum Gasteiger partial charge on any atom is -0.311 e. The Labute approximate surface area is 109 Å². The highest BCUT2D eigenvalue weighted by molar-refractivity contribution is 5.82. The van der Waals surface area contributed by atoms with Gasteiger partial charge in [0.25, 0.3) is 0 Å². The largest absolute Gasteiger partial charge is 0.311 e. The molecular formula is C16H22N2. The molecule has 0 aliphatic carbocycles. The molecule has 0 aliphatic heterocycles. The smallest absolute Gasteiger partial charge is 0.0737 e. The number of pyridine rings is 1. The van der Waals surface area contributed by atoms with Gasteiger partial charge in [-0.15, -0.1) is 0 Å². The SMILES string of the molecule is CC(C)NC(C)C(C)c1cccc2cccnc12. The van der Waals surface area contributed by atoms with Crippen LogP contribution in [-0.2, 0) is 0 Å². The summed E-state index contributed by atoms with van der Waals surface area (Å²) < 4.78 is 0. The highest BCUT2D eigenvalue weighted by Gasteiger charge is 2.17. The minimum atomic E-state index is 0.442. The van der Waals surface area contributed by atoms with Gasteiger partial charge in [0.2, 0.25) is 0 Å². The van der Waals surface area contributed by atoms with Crippen molar-refractivity contribution in [2.75, 3.05) is 0 Å². The summed E-state index contributed by atoms with van der Waals surface area (Å²) in [6.45, 7) is 8.88. The Bertz CT molecular complexity index is 514. The standard InChI is InChI=1S/C16H22N2/c1-11(2)18-13(4)12(3)15-9-5-7-14-8-6-10-17-16(14)15/h5-13,18H,1-4H3. The number of nitrogens with zero attached hydrogens (tertiary/aromatic N) is 1. The second-order valence-electron chi connectivity index (χ2n) is 5.32. The van der Waals surface area contributed by atoms with Crippen LogP contribution >= 0.6 is 0 Å². The van der Waals surface area contributed by atoms with Crippen LogP contribution in [0.2, 0.25) is 0 Å². The van der Waals surface area contributed by atoms with Gasteiger partial charge in [0.05, 0.1) is 5.52 Å². The van der Waals surface area contributed by atoms with Crippen molar-refractivity contribution in [3.05, 3.63) is 42.1 Å². The first kappa shape index (κ1) is 13.0. The normalized spacial score (nSPS) is 14.9. The Kier molecular flexibility index (Phi) is 3.97. The molecule has 2 unspecified atom stereocenters. The van der Waals surface area contributed by atoms with Crippen LogP contribution in [0.3, 0.4) is 0 Å². The summed E-state index contributed by atoms with van der Waals surface area (Å²) in [5.41, 5.74) is 2.46. The summed E-state index contributed by atoms with van der Waals surface area (Å²) in [7, 11) is 0. The average molecular weight is 242 g/mol. The third-order valence-electron chi connectivity index (χ3n) is 3.50. The fourth-order valence-electron chi connectivity index (χ4n) is 2.43. The van der Waals surface area contributed by atoms with Gasteiger partial charge < -0.3 is 5.32 Å². The lowest BCUT2D eigenvalue weighted by Crippen LogP contribution is -2.36. The number of para-hydroxylation sites is 1. The summed E-state index contributed by atoms with van der Waals surface area (Å²) in [5.74, 6) is 0.450. The summed E-state index contributed by atoms with van der Waals surface area (Å²) in [5, 5.41) is 4.80. The van der Waals surface area contributed by atoms with Crippen LogP contribution in [0.1, 0.15) is 39.2 Å². The zero-order valence-electron chi connectivity index (χ0n) is 11.6. The molecule has 0 aliphatic rings. The van der Waals surface area contributed by atoms with Gasteiger partial charge in [0.15, 0.2) is 0 Å². The molecule has 0 saturated heterocycles. The van der Waals surface area contributed by atoms with Crippen LogP contribution < -0.4 is 5.32 Å². The first-order valence-electron chi connectivity index (χ1n) is 6.69. The van der Waals surface area contributed by atoms with Crippen LogP contribution in [0.25, 0.3) is 10.9 Å². The molecule has 0 bridgehead atoms. The zero-order valence-corrected chi connectivity index (χ0v) is 11.6. The van der Waals surface area contributed by atoms with Gasteiger partial charge in [0.1, 0.15) is 0 Å². The Morgan fingerprint density at radius 1 is 1.00 bits per heavy atom. The van der Waals surface area contributed by atoms with Crippen LogP contribution in [-0.4, -0.2) is 17.1 Å². The zero-order chi connectivity index (χ0) is 13.1. The molecule has 1 aromatic carbocycles. The topological polar surface area (TPSA) is 24.9 Å².